The topological polar surface area (TPSA) is 93.5 Å². The number of thiocarbonyl (C=S) groups is 1. The third kappa shape index (κ3) is 4.59. The van der Waals surface area contributed by atoms with Gasteiger partial charge in [0, 0.05) is 5.39 Å². The Morgan fingerprint density at radius 3 is 2.48 bits per heavy atom. The van der Waals surface area contributed by atoms with Crippen LogP contribution in [0.2, 0.25) is 0 Å². The van der Waals surface area contributed by atoms with Crippen molar-refractivity contribution in [3.63, 3.8) is 0 Å². The number of para-hydroxylation sites is 1. The summed E-state index contributed by atoms with van der Waals surface area (Å²) in [5.41, 5.74) is 6.02. The first-order chi connectivity index (χ1) is 13.0. The molecular formula is C20H17N3O3S. The number of hydrogen-bond acceptors (Lipinski definition) is 4. The van der Waals surface area contributed by atoms with Crippen molar-refractivity contribution < 1.29 is 14.3 Å². The van der Waals surface area contributed by atoms with Gasteiger partial charge in [-0.3, -0.25) is 14.9 Å². The van der Waals surface area contributed by atoms with Gasteiger partial charge in [-0.05, 0) is 35.8 Å². The second-order valence-corrected chi connectivity index (χ2v) is 6.09. The summed E-state index contributed by atoms with van der Waals surface area (Å²) in [6.07, 6.45) is 0. The maximum atomic E-state index is 12.1. The summed E-state index contributed by atoms with van der Waals surface area (Å²) in [7, 11) is 0. The minimum absolute atomic E-state index is 0.0511. The quantitative estimate of drug-likeness (QED) is 0.593. The van der Waals surface area contributed by atoms with Crippen molar-refractivity contribution >= 4 is 45.6 Å². The lowest BCUT2D eigenvalue weighted by molar-refractivity contribution is -0.121. The van der Waals surface area contributed by atoms with E-state index in [4.69, 9.17) is 22.7 Å². The zero-order valence-corrected chi connectivity index (χ0v) is 15.1. The molecule has 0 atom stereocenters. The molecule has 0 aliphatic carbocycles. The van der Waals surface area contributed by atoms with E-state index < -0.39 is 11.8 Å². The van der Waals surface area contributed by atoms with Crippen LogP contribution in [-0.4, -0.2) is 23.5 Å². The highest BCUT2D eigenvalue weighted by Crippen LogP contribution is 2.24. The lowest BCUT2D eigenvalue weighted by atomic mass is 10.1. The minimum Gasteiger partial charge on any atom is -0.483 e. The van der Waals surface area contributed by atoms with Gasteiger partial charge in [0.05, 0.1) is 11.3 Å². The first-order valence-electron chi connectivity index (χ1n) is 8.15. The summed E-state index contributed by atoms with van der Waals surface area (Å²) in [5, 5.41) is 7.31. The molecule has 0 bridgehead atoms. The zero-order valence-electron chi connectivity index (χ0n) is 14.3. The average molecular weight is 379 g/mol. The molecule has 0 fully saturated rings. The fraction of sp³-hybridized carbons (Fsp3) is 0.0500. The number of benzene rings is 3. The second kappa shape index (κ2) is 8.29. The lowest BCUT2D eigenvalue weighted by Gasteiger charge is -2.13. The smallest absolute Gasteiger partial charge is 0.264 e. The normalized spacial score (nSPS) is 10.2. The highest BCUT2D eigenvalue weighted by Gasteiger charge is 2.11. The van der Waals surface area contributed by atoms with Gasteiger partial charge in [0.15, 0.2) is 11.7 Å². The fourth-order valence-electron chi connectivity index (χ4n) is 2.59. The number of nitrogens with one attached hydrogen (secondary N) is 2. The Morgan fingerprint density at radius 2 is 1.67 bits per heavy atom. The fourth-order valence-corrected chi connectivity index (χ4v) is 2.81. The van der Waals surface area contributed by atoms with Crippen molar-refractivity contribution in [3.8, 4) is 5.75 Å². The molecule has 0 radical (unpaired) electrons. The van der Waals surface area contributed by atoms with Gasteiger partial charge in [0.2, 0.25) is 0 Å². The molecule has 0 saturated heterocycles. The molecule has 3 rings (SSSR count). The lowest BCUT2D eigenvalue weighted by Crippen LogP contribution is -2.37. The largest absolute Gasteiger partial charge is 0.483 e. The summed E-state index contributed by atoms with van der Waals surface area (Å²) in [4.78, 5) is 23.5. The van der Waals surface area contributed by atoms with Crippen molar-refractivity contribution in [1.29, 1.82) is 0 Å². The van der Waals surface area contributed by atoms with Crippen molar-refractivity contribution in [2.24, 2.45) is 5.73 Å². The molecule has 4 N–H and O–H groups in total. The van der Waals surface area contributed by atoms with Gasteiger partial charge in [-0.25, -0.2) is 0 Å². The molecule has 7 heteroatoms. The Morgan fingerprint density at radius 1 is 0.963 bits per heavy atom. The third-order valence-corrected chi connectivity index (χ3v) is 4.01. The number of primary amides is 1. The number of anilines is 1. The van der Waals surface area contributed by atoms with Crippen LogP contribution in [0.5, 0.6) is 5.75 Å². The van der Waals surface area contributed by atoms with E-state index in [9.17, 15) is 9.59 Å². The number of amides is 2. The van der Waals surface area contributed by atoms with Gasteiger partial charge in [-0.1, -0.05) is 48.5 Å². The molecule has 2 amide bonds. The standard InChI is InChI=1S/C20H17N3O3S/c21-19(25)15-9-3-4-10-16(15)22-20(27)23-18(24)12-26-17-11-5-7-13-6-1-2-8-14(13)17/h1-11H,12H2,(H2,21,25)(H2,22,23,24,27). The summed E-state index contributed by atoms with van der Waals surface area (Å²) in [6, 6.07) is 20.0. The van der Waals surface area contributed by atoms with Crippen molar-refractivity contribution in [1.82, 2.24) is 5.32 Å². The Bertz CT molecular complexity index is 1010. The van der Waals surface area contributed by atoms with Crippen molar-refractivity contribution in [3.05, 3.63) is 72.3 Å². The zero-order chi connectivity index (χ0) is 19.2. The van der Waals surface area contributed by atoms with Gasteiger partial charge in [-0.2, -0.15) is 0 Å². The highest BCUT2D eigenvalue weighted by molar-refractivity contribution is 7.80. The predicted octanol–water partition coefficient (Wildman–Crippen LogP) is 2.83. The van der Waals surface area contributed by atoms with Gasteiger partial charge in [0.25, 0.3) is 11.8 Å². The van der Waals surface area contributed by atoms with E-state index in [1.165, 1.54) is 0 Å². The van der Waals surface area contributed by atoms with Crippen LogP contribution < -0.4 is 21.1 Å². The molecule has 3 aromatic rings. The predicted molar refractivity (Wildman–Crippen MR) is 109 cm³/mol. The van der Waals surface area contributed by atoms with E-state index in [-0.39, 0.29) is 17.3 Å². The molecule has 0 spiro atoms. The van der Waals surface area contributed by atoms with Gasteiger partial charge in [-0.15, -0.1) is 0 Å². The van der Waals surface area contributed by atoms with Crippen LogP contribution >= 0.6 is 12.2 Å². The Labute approximate surface area is 161 Å². The number of carbonyl (C=O) groups is 2. The molecule has 3 aromatic carbocycles. The maximum absolute atomic E-state index is 12.1. The van der Waals surface area contributed by atoms with Gasteiger partial charge in [0.1, 0.15) is 5.75 Å². The van der Waals surface area contributed by atoms with Crippen LogP contribution in [0.25, 0.3) is 10.8 Å². The van der Waals surface area contributed by atoms with Crippen LogP contribution in [0.3, 0.4) is 0 Å². The summed E-state index contributed by atoms with van der Waals surface area (Å²) >= 11 is 5.12. The second-order valence-electron chi connectivity index (χ2n) is 5.68. The molecule has 0 aliphatic heterocycles. The summed E-state index contributed by atoms with van der Waals surface area (Å²) in [6.45, 7) is -0.201. The first kappa shape index (κ1) is 18.3. The van der Waals surface area contributed by atoms with Crippen LogP contribution in [0, 0.1) is 0 Å². The monoisotopic (exact) mass is 379 g/mol. The van der Waals surface area contributed by atoms with E-state index in [1.54, 1.807) is 30.3 Å². The van der Waals surface area contributed by atoms with E-state index in [2.05, 4.69) is 10.6 Å². The number of hydrogen-bond donors (Lipinski definition) is 3. The highest BCUT2D eigenvalue weighted by atomic mass is 32.1. The summed E-state index contributed by atoms with van der Waals surface area (Å²) < 4.78 is 5.62. The molecule has 6 nitrogen and oxygen atoms in total. The number of ether oxygens (including phenoxy) is 1. The SMILES string of the molecule is NC(=O)c1ccccc1NC(=S)NC(=O)COc1cccc2ccccc12. The van der Waals surface area contributed by atoms with E-state index in [0.29, 0.717) is 11.4 Å². The molecule has 0 heterocycles. The Hall–Kier alpha value is -3.45. The number of nitrogens with two attached hydrogens (primary N) is 1. The van der Waals surface area contributed by atoms with Crippen LogP contribution in [0.1, 0.15) is 10.4 Å². The number of carbonyl (C=O) groups excluding carboxylic acids is 2. The van der Waals surface area contributed by atoms with Crippen LogP contribution in [-0.2, 0) is 4.79 Å². The minimum atomic E-state index is -0.591. The van der Waals surface area contributed by atoms with Gasteiger partial charge < -0.3 is 15.8 Å². The maximum Gasteiger partial charge on any atom is 0.264 e. The molecule has 0 aliphatic rings. The summed E-state index contributed by atoms with van der Waals surface area (Å²) in [5.74, 6) is -0.398. The Kier molecular flexibility index (Phi) is 5.63. The van der Waals surface area contributed by atoms with Crippen LogP contribution in [0.15, 0.2) is 66.7 Å². The van der Waals surface area contributed by atoms with Crippen molar-refractivity contribution in [2.75, 3.05) is 11.9 Å². The third-order valence-electron chi connectivity index (χ3n) is 3.80. The molecule has 136 valence electrons. The van der Waals surface area contributed by atoms with E-state index in [0.717, 1.165) is 10.8 Å². The van der Waals surface area contributed by atoms with Crippen molar-refractivity contribution in [2.45, 2.75) is 0 Å². The molecule has 0 unspecified atom stereocenters. The van der Waals surface area contributed by atoms with Crippen LogP contribution in [0.4, 0.5) is 5.69 Å². The molecule has 0 saturated carbocycles. The van der Waals surface area contributed by atoms with Gasteiger partial charge >= 0.3 is 0 Å². The molecular weight excluding hydrogens is 362 g/mol. The number of fused-ring (bicyclic) bond motifs is 1. The molecule has 27 heavy (non-hydrogen) atoms. The average Bonchev–Trinajstić information content (AvgIpc) is 2.66. The van der Waals surface area contributed by atoms with E-state index >= 15 is 0 Å². The number of rotatable bonds is 5. The van der Waals surface area contributed by atoms with E-state index in [1.807, 2.05) is 36.4 Å². The first-order valence-corrected chi connectivity index (χ1v) is 8.55. The molecule has 0 aromatic heterocycles. The Balaban J connectivity index is 1.59.